The molecule has 0 fully saturated rings. The minimum Gasteiger partial charge on any atom is -0.504 e. The summed E-state index contributed by atoms with van der Waals surface area (Å²) in [5.74, 6) is 0. The van der Waals surface area contributed by atoms with Gasteiger partial charge in [0.2, 0.25) is 0 Å². The zero-order valence-corrected chi connectivity index (χ0v) is 9.60. The lowest BCUT2D eigenvalue weighted by Crippen LogP contribution is -2.39. The van der Waals surface area contributed by atoms with Gasteiger partial charge in [-0.25, -0.2) is 4.79 Å². The predicted octanol–water partition coefficient (Wildman–Crippen LogP) is 2.33. The Morgan fingerprint density at radius 1 is 1.42 bits per heavy atom. The monoisotopic (exact) mass is 189 g/mol. The van der Waals surface area contributed by atoms with Crippen LogP contribution in [0.15, 0.2) is 0 Å². The van der Waals surface area contributed by atoms with Crippen LogP contribution in [-0.2, 0) is 4.43 Å². The van der Waals surface area contributed by atoms with Gasteiger partial charge in [-0.15, -0.1) is 0 Å². The maximum atomic E-state index is 10.5. The number of carbonyl (C=O) groups is 1. The lowest BCUT2D eigenvalue weighted by Gasteiger charge is -2.29. The Morgan fingerprint density at radius 2 is 1.83 bits per heavy atom. The molecule has 0 aliphatic carbocycles. The lowest BCUT2D eigenvalue weighted by molar-refractivity contribution is 0.207. The molecule has 0 heterocycles. The standard InChI is InChI=1S/C8H19NO2Si/c1-8(2,3)6-12(4,5)11-7(9)10/h6H2,1-5H3,(H2,9,10). The molecule has 0 rings (SSSR count). The number of primary amides is 1. The molecule has 0 aromatic heterocycles. The predicted molar refractivity (Wildman–Crippen MR) is 52.4 cm³/mol. The Bertz CT molecular complexity index is 172. The lowest BCUT2D eigenvalue weighted by atomic mass is 10.0. The van der Waals surface area contributed by atoms with Gasteiger partial charge in [-0.3, -0.25) is 0 Å². The van der Waals surface area contributed by atoms with Gasteiger partial charge in [0.1, 0.15) is 0 Å². The fourth-order valence-electron chi connectivity index (χ4n) is 1.59. The summed E-state index contributed by atoms with van der Waals surface area (Å²) >= 11 is 0. The highest BCUT2D eigenvalue weighted by Crippen LogP contribution is 2.27. The molecule has 3 nitrogen and oxygen atoms in total. The normalized spacial score (nSPS) is 12.8. The molecule has 0 aromatic rings. The highest BCUT2D eigenvalue weighted by Gasteiger charge is 2.31. The van der Waals surface area contributed by atoms with E-state index in [0.717, 1.165) is 6.04 Å². The molecule has 4 heteroatoms. The SMILES string of the molecule is CC(C)(C)C[Si](C)(C)OC(N)=O. The Morgan fingerprint density at radius 3 is 2.08 bits per heavy atom. The number of hydrogen-bond acceptors (Lipinski definition) is 2. The smallest absolute Gasteiger partial charge is 0.390 e. The van der Waals surface area contributed by atoms with E-state index in [1.807, 2.05) is 13.1 Å². The first kappa shape index (κ1) is 11.5. The van der Waals surface area contributed by atoms with Gasteiger partial charge >= 0.3 is 6.09 Å². The van der Waals surface area contributed by atoms with Gasteiger partial charge in [-0.1, -0.05) is 20.8 Å². The molecule has 0 aliphatic heterocycles. The average molecular weight is 189 g/mol. The Kier molecular flexibility index (Phi) is 3.32. The summed E-state index contributed by atoms with van der Waals surface area (Å²) in [6.45, 7) is 10.4. The first-order chi connectivity index (χ1) is 5.12. The highest BCUT2D eigenvalue weighted by atomic mass is 28.4. The summed E-state index contributed by atoms with van der Waals surface area (Å²) < 4.78 is 5.09. The van der Waals surface area contributed by atoms with Gasteiger partial charge in [0, 0.05) is 0 Å². The average Bonchev–Trinajstić information content (AvgIpc) is 1.48. The highest BCUT2D eigenvalue weighted by molar-refractivity contribution is 6.72. The second-order valence-electron chi connectivity index (χ2n) is 4.92. The number of rotatable bonds is 2. The summed E-state index contributed by atoms with van der Waals surface area (Å²) in [5, 5.41) is 0. The van der Waals surface area contributed by atoms with Gasteiger partial charge in [0.05, 0.1) is 0 Å². The molecule has 0 spiro atoms. The van der Waals surface area contributed by atoms with Crippen molar-refractivity contribution in [2.45, 2.75) is 39.9 Å². The molecule has 12 heavy (non-hydrogen) atoms. The van der Waals surface area contributed by atoms with E-state index in [9.17, 15) is 4.79 Å². The van der Waals surface area contributed by atoms with Crippen molar-refractivity contribution in [1.82, 2.24) is 0 Å². The van der Waals surface area contributed by atoms with Crippen LogP contribution in [0.5, 0.6) is 0 Å². The van der Waals surface area contributed by atoms with Crippen molar-refractivity contribution >= 4 is 14.4 Å². The van der Waals surface area contributed by atoms with Crippen LogP contribution in [0, 0.1) is 5.41 Å². The van der Waals surface area contributed by atoms with Crippen molar-refractivity contribution in [2.75, 3.05) is 0 Å². The molecule has 0 bridgehead atoms. The fraction of sp³-hybridized carbons (Fsp3) is 0.875. The molecule has 0 aromatic carbocycles. The van der Waals surface area contributed by atoms with Gasteiger partial charge in [-0.05, 0) is 24.6 Å². The van der Waals surface area contributed by atoms with E-state index in [4.69, 9.17) is 10.2 Å². The minimum absolute atomic E-state index is 0.200. The van der Waals surface area contributed by atoms with E-state index in [0.29, 0.717) is 0 Å². The van der Waals surface area contributed by atoms with E-state index >= 15 is 0 Å². The first-order valence-electron chi connectivity index (χ1n) is 4.11. The van der Waals surface area contributed by atoms with Gasteiger partial charge < -0.3 is 10.2 Å². The van der Waals surface area contributed by atoms with Gasteiger partial charge in [-0.2, -0.15) is 0 Å². The molecule has 0 atom stereocenters. The van der Waals surface area contributed by atoms with Crippen molar-refractivity contribution in [2.24, 2.45) is 11.1 Å². The van der Waals surface area contributed by atoms with Crippen LogP contribution in [0.2, 0.25) is 19.1 Å². The zero-order chi connectivity index (χ0) is 9.99. The maximum Gasteiger partial charge on any atom is 0.390 e. The van der Waals surface area contributed by atoms with Crippen molar-refractivity contribution < 1.29 is 9.22 Å². The molecule has 0 unspecified atom stereocenters. The van der Waals surface area contributed by atoms with Crippen LogP contribution >= 0.6 is 0 Å². The summed E-state index contributed by atoms with van der Waals surface area (Å²) in [4.78, 5) is 10.5. The van der Waals surface area contributed by atoms with Gasteiger partial charge in [0.25, 0.3) is 8.32 Å². The number of hydrogen-bond donors (Lipinski definition) is 1. The van der Waals surface area contributed by atoms with Crippen molar-refractivity contribution in [3.63, 3.8) is 0 Å². The summed E-state index contributed by atoms with van der Waals surface area (Å²) in [7, 11) is -1.88. The third-order valence-corrected chi connectivity index (χ3v) is 4.00. The van der Waals surface area contributed by atoms with E-state index in [1.54, 1.807) is 0 Å². The number of amides is 1. The van der Waals surface area contributed by atoms with Crippen LogP contribution in [-0.4, -0.2) is 14.4 Å². The van der Waals surface area contributed by atoms with E-state index in [2.05, 4.69) is 20.8 Å². The Balaban J connectivity index is 4.13. The second kappa shape index (κ2) is 3.47. The van der Waals surface area contributed by atoms with Crippen molar-refractivity contribution in [3.05, 3.63) is 0 Å². The number of carbonyl (C=O) groups excluding carboxylic acids is 1. The quantitative estimate of drug-likeness (QED) is 0.678. The number of nitrogens with two attached hydrogens (primary N) is 1. The fourth-order valence-corrected chi connectivity index (χ4v) is 4.76. The molecular formula is C8H19NO2Si. The Labute approximate surface area is 75.4 Å². The van der Waals surface area contributed by atoms with Crippen LogP contribution in [0.3, 0.4) is 0 Å². The van der Waals surface area contributed by atoms with Crippen molar-refractivity contribution in [1.29, 1.82) is 0 Å². The van der Waals surface area contributed by atoms with Crippen LogP contribution in [0.1, 0.15) is 20.8 Å². The minimum atomic E-state index is -1.88. The van der Waals surface area contributed by atoms with E-state index < -0.39 is 14.4 Å². The second-order valence-corrected chi connectivity index (χ2v) is 9.00. The van der Waals surface area contributed by atoms with Crippen LogP contribution in [0.25, 0.3) is 0 Å². The van der Waals surface area contributed by atoms with E-state index in [1.165, 1.54) is 0 Å². The summed E-state index contributed by atoms with van der Waals surface area (Å²) in [6, 6.07) is 0.933. The summed E-state index contributed by atoms with van der Waals surface area (Å²) in [6.07, 6.45) is -0.643. The topological polar surface area (TPSA) is 52.3 Å². The molecule has 0 aliphatic rings. The third-order valence-electron chi connectivity index (χ3n) is 1.33. The molecule has 72 valence electrons. The van der Waals surface area contributed by atoms with Crippen molar-refractivity contribution in [3.8, 4) is 0 Å². The first-order valence-corrected chi connectivity index (χ1v) is 7.22. The van der Waals surface area contributed by atoms with Crippen LogP contribution < -0.4 is 5.73 Å². The maximum absolute atomic E-state index is 10.5. The molecule has 0 saturated heterocycles. The molecular weight excluding hydrogens is 170 g/mol. The molecule has 2 N–H and O–H groups in total. The van der Waals surface area contributed by atoms with Gasteiger partial charge in [0.15, 0.2) is 0 Å². The van der Waals surface area contributed by atoms with Crippen LogP contribution in [0.4, 0.5) is 4.79 Å². The zero-order valence-electron chi connectivity index (χ0n) is 8.60. The largest absolute Gasteiger partial charge is 0.504 e. The molecule has 0 radical (unpaired) electrons. The Hall–Kier alpha value is -0.513. The molecule has 1 amide bonds. The third kappa shape index (κ3) is 6.21. The molecule has 0 saturated carbocycles. The van der Waals surface area contributed by atoms with E-state index in [-0.39, 0.29) is 5.41 Å². The summed E-state index contributed by atoms with van der Waals surface area (Å²) in [5.41, 5.74) is 5.17.